The minimum absolute atomic E-state index is 0.00637. The molecule has 29 heavy (non-hydrogen) atoms. The van der Waals surface area contributed by atoms with Gasteiger partial charge < -0.3 is 0 Å². The van der Waals surface area contributed by atoms with Crippen LogP contribution in [0.2, 0.25) is 0 Å². The lowest BCUT2D eigenvalue weighted by molar-refractivity contribution is 0.0992. The molecule has 0 bridgehead atoms. The molecule has 4 aromatic rings. The molecule has 0 aliphatic rings. The van der Waals surface area contributed by atoms with Crippen molar-refractivity contribution in [2.45, 2.75) is 32.6 Å². The summed E-state index contributed by atoms with van der Waals surface area (Å²) in [7, 11) is 0. The largest absolute Gasteiger partial charge is 0.294 e. The Kier molecular flexibility index (Phi) is 4.74. The van der Waals surface area contributed by atoms with Crippen molar-refractivity contribution in [3.8, 4) is 11.3 Å². The lowest BCUT2D eigenvalue weighted by Crippen LogP contribution is -2.12. The second-order valence-electron chi connectivity index (χ2n) is 8.17. The van der Waals surface area contributed by atoms with Crippen molar-refractivity contribution in [1.29, 1.82) is 0 Å². The van der Waals surface area contributed by atoms with Gasteiger partial charge in [0.2, 0.25) is 0 Å². The molecule has 0 N–H and O–H groups in total. The average Bonchev–Trinajstić information content (AvgIpc) is 3.16. The number of benzene rings is 2. The Morgan fingerprint density at radius 1 is 1.00 bits per heavy atom. The summed E-state index contributed by atoms with van der Waals surface area (Å²) >= 11 is 0. The number of Topliss-reactive ketones (excluding diaryl/α,β-unsaturated/α-hetero) is 1. The van der Waals surface area contributed by atoms with Gasteiger partial charge in [-0.25, -0.2) is 13.9 Å². The van der Waals surface area contributed by atoms with Gasteiger partial charge in [-0.05, 0) is 41.3 Å². The fraction of sp³-hybridized carbons (Fsp3) is 0.208. The Hall–Kier alpha value is -3.34. The molecule has 0 fully saturated rings. The predicted octanol–water partition coefficient (Wildman–Crippen LogP) is 5.26. The molecule has 4 rings (SSSR count). The minimum Gasteiger partial charge on any atom is -0.294 e. The van der Waals surface area contributed by atoms with E-state index < -0.39 is 0 Å². The third-order valence-corrected chi connectivity index (χ3v) is 4.97. The molecule has 2 aromatic carbocycles. The Morgan fingerprint density at radius 2 is 1.69 bits per heavy atom. The van der Waals surface area contributed by atoms with Gasteiger partial charge >= 0.3 is 0 Å². The number of hydrogen-bond acceptors (Lipinski definition) is 3. The summed E-state index contributed by atoms with van der Waals surface area (Å²) in [6.07, 6.45) is 1.84. The van der Waals surface area contributed by atoms with Gasteiger partial charge in [-0.2, -0.15) is 5.10 Å². The van der Waals surface area contributed by atoms with E-state index in [0.29, 0.717) is 16.9 Å². The van der Waals surface area contributed by atoms with Gasteiger partial charge in [0.15, 0.2) is 11.4 Å². The quantitative estimate of drug-likeness (QED) is 0.449. The maximum absolute atomic E-state index is 13.3. The molecule has 5 heteroatoms. The number of halogens is 1. The SMILES string of the molecule is CC(C)(C)c1ccc(C(=O)Cc2cc(-c3ccc(F)cc3)n3nccc3n2)cc1. The minimum atomic E-state index is -0.298. The van der Waals surface area contributed by atoms with Gasteiger partial charge in [0.1, 0.15) is 5.82 Å². The molecular weight excluding hydrogens is 365 g/mol. The first-order valence-electron chi connectivity index (χ1n) is 9.54. The Balaban J connectivity index is 1.66. The lowest BCUT2D eigenvalue weighted by atomic mass is 9.86. The fourth-order valence-corrected chi connectivity index (χ4v) is 3.30. The zero-order valence-corrected chi connectivity index (χ0v) is 16.7. The highest BCUT2D eigenvalue weighted by molar-refractivity contribution is 5.97. The molecule has 0 saturated heterocycles. The monoisotopic (exact) mass is 387 g/mol. The van der Waals surface area contributed by atoms with Crippen molar-refractivity contribution < 1.29 is 9.18 Å². The van der Waals surface area contributed by atoms with E-state index in [0.717, 1.165) is 11.3 Å². The zero-order valence-electron chi connectivity index (χ0n) is 16.7. The van der Waals surface area contributed by atoms with Crippen LogP contribution in [0.4, 0.5) is 4.39 Å². The zero-order chi connectivity index (χ0) is 20.6. The second kappa shape index (κ2) is 7.24. The number of nitrogens with zero attached hydrogens (tertiary/aromatic N) is 3. The maximum atomic E-state index is 13.3. The first-order valence-corrected chi connectivity index (χ1v) is 9.54. The molecule has 0 atom stereocenters. The molecular formula is C24H22FN3O. The van der Waals surface area contributed by atoms with E-state index in [9.17, 15) is 9.18 Å². The first-order chi connectivity index (χ1) is 13.8. The Labute approximate surface area is 169 Å². The van der Waals surface area contributed by atoms with Crippen LogP contribution < -0.4 is 0 Å². The summed E-state index contributed by atoms with van der Waals surface area (Å²) in [4.78, 5) is 17.4. The highest BCUT2D eigenvalue weighted by atomic mass is 19.1. The van der Waals surface area contributed by atoms with E-state index in [1.165, 1.54) is 17.7 Å². The molecule has 2 aromatic heterocycles. The van der Waals surface area contributed by atoms with E-state index in [1.54, 1.807) is 28.9 Å². The second-order valence-corrected chi connectivity index (χ2v) is 8.17. The van der Waals surface area contributed by atoms with Crippen LogP contribution in [-0.2, 0) is 11.8 Å². The summed E-state index contributed by atoms with van der Waals surface area (Å²) in [5.41, 5.74) is 4.78. The molecule has 0 spiro atoms. The number of ketones is 1. The number of fused-ring (bicyclic) bond motifs is 1. The highest BCUT2D eigenvalue weighted by Crippen LogP contribution is 2.24. The summed E-state index contributed by atoms with van der Waals surface area (Å²) in [5, 5.41) is 4.30. The lowest BCUT2D eigenvalue weighted by Gasteiger charge is -2.19. The van der Waals surface area contributed by atoms with Crippen LogP contribution in [-0.4, -0.2) is 20.4 Å². The third kappa shape index (κ3) is 3.94. The van der Waals surface area contributed by atoms with E-state index >= 15 is 0 Å². The molecule has 0 radical (unpaired) electrons. The molecule has 0 amide bonds. The highest BCUT2D eigenvalue weighted by Gasteiger charge is 2.16. The fourth-order valence-electron chi connectivity index (χ4n) is 3.30. The van der Waals surface area contributed by atoms with Crippen molar-refractivity contribution in [2.24, 2.45) is 0 Å². The maximum Gasteiger partial charge on any atom is 0.168 e. The molecule has 0 aliphatic heterocycles. The van der Waals surface area contributed by atoms with Gasteiger partial charge in [-0.3, -0.25) is 4.79 Å². The average molecular weight is 387 g/mol. The van der Waals surface area contributed by atoms with Crippen molar-refractivity contribution in [3.05, 3.63) is 89.5 Å². The topological polar surface area (TPSA) is 47.3 Å². The predicted molar refractivity (Wildman–Crippen MR) is 112 cm³/mol. The van der Waals surface area contributed by atoms with Crippen LogP contribution in [0.25, 0.3) is 16.9 Å². The third-order valence-electron chi connectivity index (χ3n) is 4.97. The van der Waals surface area contributed by atoms with Gasteiger partial charge in [-0.1, -0.05) is 45.0 Å². The number of rotatable bonds is 4. The van der Waals surface area contributed by atoms with E-state index in [1.807, 2.05) is 30.3 Å². The Bertz CT molecular complexity index is 1170. The van der Waals surface area contributed by atoms with Crippen LogP contribution in [0, 0.1) is 5.82 Å². The van der Waals surface area contributed by atoms with Gasteiger partial charge in [0.05, 0.1) is 24.0 Å². The summed E-state index contributed by atoms with van der Waals surface area (Å²) in [6.45, 7) is 6.43. The van der Waals surface area contributed by atoms with Crippen molar-refractivity contribution >= 4 is 11.4 Å². The van der Waals surface area contributed by atoms with E-state index in [2.05, 4.69) is 30.9 Å². The van der Waals surface area contributed by atoms with Crippen LogP contribution >= 0.6 is 0 Å². The van der Waals surface area contributed by atoms with Gasteiger partial charge in [0, 0.05) is 17.2 Å². The summed E-state index contributed by atoms with van der Waals surface area (Å²) in [6, 6.07) is 17.6. The van der Waals surface area contributed by atoms with Crippen molar-refractivity contribution in [1.82, 2.24) is 14.6 Å². The molecule has 0 unspecified atom stereocenters. The van der Waals surface area contributed by atoms with Crippen LogP contribution in [0.15, 0.2) is 66.9 Å². The number of aromatic nitrogens is 3. The first kappa shape index (κ1) is 19.0. The standard InChI is InChI=1S/C24H22FN3O/c1-24(2,3)18-8-4-17(5-9-18)22(29)15-20-14-21(16-6-10-19(25)11-7-16)28-23(27-20)12-13-26-28/h4-14H,15H2,1-3H3. The van der Waals surface area contributed by atoms with Crippen molar-refractivity contribution in [2.75, 3.05) is 0 Å². The van der Waals surface area contributed by atoms with Gasteiger partial charge in [0.25, 0.3) is 0 Å². The van der Waals surface area contributed by atoms with E-state index in [4.69, 9.17) is 0 Å². The van der Waals surface area contributed by atoms with Crippen LogP contribution in [0.1, 0.15) is 42.4 Å². The molecule has 0 saturated carbocycles. The van der Waals surface area contributed by atoms with Crippen molar-refractivity contribution in [3.63, 3.8) is 0 Å². The number of carbonyl (C=O) groups is 1. The number of carbonyl (C=O) groups excluding carboxylic acids is 1. The molecule has 2 heterocycles. The molecule has 0 aliphatic carbocycles. The normalized spacial score (nSPS) is 11.7. The van der Waals surface area contributed by atoms with Gasteiger partial charge in [-0.15, -0.1) is 0 Å². The molecule has 146 valence electrons. The Morgan fingerprint density at radius 3 is 2.34 bits per heavy atom. The summed E-state index contributed by atoms with van der Waals surface area (Å²) < 4.78 is 15.0. The van der Waals surface area contributed by atoms with Crippen LogP contribution in [0.3, 0.4) is 0 Å². The smallest absolute Gasteiger partial charge is 0.168 e. The van der Waals surface area contributed by atoms with Crippen LogP contribution in [0.5, 0.6) is 0 Å². The summed E-state index contributed by atoms with van der Waals surface area (Å²) in [5.74, 6) is -0.291. The molecule has 4 nitrogen and oxygen atoms in total. The number of hydrogen-bond donors (Lipinski definition) is 0. The van der Waals surface area contributed by atoms with E-state index in [-0.39, 0.29) is 23.4 Å².